The molecular formula is C6H14N2O5-2. The molecule has 0 saturated carbocycles. The first-order valence-electron chi connectivity index (χ1n) is 3.77. The van der Waals surface area contributed by atoms with Crippen molar-refractivity contribution < 1.29 is 14.4 Å². The van der Waals surface area contributed by atoms with Gasteiger partial charge in [-0.25, -0.2) is 0 Å². The Morgan fingerprint density at radius 3 is 2.23 bits per heavy atom. The average molecular weight is 194 g/mol. The molecular weight excluding hydrogens is 180 g/mol. The number of hydrogen-bond donors (Lipinski definition) is 0. The monoisotopic (exact) mass is 194 g/mol. The topological polar surface area (TPSA) is 80.3 Å². The van der Waals surface area contributed by atoms with Crippen LogP contribution in [0.25, 0.3) is 0 Å². The Hall–Kier alpha value is -0.280. The van der Waals surface area contributed by atoms with E-state index in [1.165, 1.54) is 14.2 Å². The van der Waals surface area contributed by atoms with Crippen LogP contribution in [0.4, 0.5) is 0 Å². The van der Waals surface area contributed by atoms with Crippen LogP contribution in [0.5, 0.6) is 0 Å². The molecule has 0 spiro atoms. The number of methoxy groups -OCH3 is 1. The normalized spacial score (nSPS) is 11.5. The van der Waals surface area contributed by atoms with E-state index in [1.807, 2.05) is 0 Å². The molecule has 0 aliphatic carbocycles. The first kappa shape index (κ1) is 12.7. The van der Waals surface area contributed by atoms with Crippen molar-refractivity contribution in [2.24, 2.45) is 0 Å². The molecule has 0 heterocycles. The Labute approximate surface area is 76.8 Å². The molecule has 0 aromatic heterocycles. The number of hydroxylamine groups is 4. The molecule has 7 nitrogen and oxygen atoms in total. The first-order valence-corrected chi connectivity index (χ1v) is 3.77. The van der Waals surface area contributed by atoms with Crippen molar-refractivity contribution >= 4 is 0 Å². The van der Waals surface area contributed by atoms with Gasteiger partial charge in [-0.1, -0.05) is 0 Å². The Balaban J connectivity index is 3.12. The number of rotatable bonds is 8. The van der Waals surface area contributed by atoms with Crippen LogP contribution in [0.1, 0.15) is 0 Å². The van der Waals surface area contributed by atoms with Crippen LogP contribution in [0, 0.1) is 10.4 Å². The molecule has 0 aromatic rings. The summed E-state index contributed by atoms with van der Waals surface area (Å²) in [7, 11) is 2.70. The van der Waals surface area contributed by atoms with Gasteiger partial charge in [-0.2, -0.15) is 0 Å². The van der Waals surface area contributed by atoms with Gasteiger partial charge in [-0.05, 0) is 7.05 Å². The number of hydrogen-bond acceptors (Lipinski definition) is 7. The van der Waals surface area contributed by atoms with E-state index in [-0.39, 0.29) is 19.8 Å². The molecule has 0 aliphatic rings. The Kier molecular flexibility index (Phi) is 8.14. The van der Waals surface area contributed by atoms with Crippen LogP contribution in [-0.2, 0) is 14.4 Å². The van der Waals surface area contributed by atoms with Gasteiger partial charge in [0.2, 0.25) is 0 Å². The molecule has 0 saturated heterocycles. The lowest BCUT2D eigenvalue weighted by molar-refractivity contribution is -0.175. The van der Waals surface area contributed by atoms with Gasteiger partial charge < -0.3 is 24.8 Å². The highest BCUT2D eigenvalue weighted by Crippen LogP contribution is 1.88. The summed E-state index contributed by atoms with van der Waals surface area (Å²) in [4.78, 5) is 9.05. The quantitative estimate of drug-likeness (QED) is 0.388. The fourth-order valence-corrected chi connectivity index (χ4v) is 0.535. The van der Waals surface area contributed by atoms with Crippen LogP contribution in [0.2, 0.25) is 0 Å². The van der Waals surface area contributed by atoms with E-state index in [9.17, 15) is 10.4 Å². The molecule has 0 rings (SSSR count). The minimum Gasteiger partial charge on any atom is -0.762 e. The molecule has 0 N–H and O–H groups in total. The summed E-state index contributed by atoms with van der Waals surface area (Å²) in [6.45, 7) is 0.515. The first-order chi connectivity index (χ1) is 6.16. The zero-order valence-electron chi connectivity index (χ0n) is 7.76. The Morgan fingerprint density at radius 1 is 1.08 bits per heavy atom. The Bertz CT molecular complexity index is 113. The summed E-state index contributed by atoms with van der Waals surface area (Å²) in [5.41, 5.74) is 0. The van der Waals surface area contributed by atoms with Crippen molar-refractivity contribution in [1.29, 1.82) is 0 Å². The zero-order chi connectivity index (χ0) is 10.1. The second-order valence-corrected chi connectivity index (χ2v) is 2.16. The maximum atomic E-state index is 10.7. The maximum absolute atomic E-state index is 10.7. The molecule has 0 aromatic carbocycles. The molecule has 0 radical (unpaired) electrons. The summed E-state index contributed by atoms with van der Waals surface area (Å²) in [6.07, 6.45) is 0. The van der Waals surface area contributed by atoms with Gasteiger partial charge in [0.05, 0.1) is 19.8 Å². The van der Waals surface area contributed by atoms with Gasteiger partial charge in [0, 0.05) is 13.7 Å². The van der Waals surface area contributed by atoms with Crippen molar-refractivity contribution in [3.05, 3.63) is 10.4 Å². The van der Waals surface area contributed by atoms with E-state index in [0.29, 0.717) is 17.1 Å². The highest BCUT2D eigenvalue weighted by molar-refractivity contribution is 4.41. The molecule has 0 aliphatic heterocycles. The van der Waals surface area contributed by atoms with Crippen molar-refractivity contribution in [2.75, 3.05) is 40.5 Å². The fourth-order valence-electron chi connectivity index (χ4n) is 0.535. The average Bonchev–Trinajstić information content (AvgIpc) is 2.08. The fraction of sp³-hybridized carbons (Fsp3) is 1.00. The second-order valence-electron chi connectivity index (χ2n) is 2.16. The summed E-state index contributed by atoms with van der Waals surface area (Å²) in [6, 6.07) is 0. The van der Waals surface area contributed by atoms with E-state index in [4.69, 9.17) is 0 Å². The third-order valence-corrected chi connectivity index (χ3v) is 1.07. The van der Waals surface area contributed by atoms with E-state index in [0.717, 1.165) is 0 Å². The highest BCUT2D eigenvalue weighted by Gasteiger charge is 1.92. The van der Waals surface area contributed by atoms with Crippen LogP contribution < -0.4 is 0 Å². The third kappa shape index (κ3) is 9.64. The van der Waals surface area contributed by atoms with Gasteiger partial charge in [-0.3, -0.25) is 10.5 Å². The predicted molar refractivity (Wildman–Crippen MR) is 45.0 cm³/mol. The van der Waals surface area contributed by atoms with Gasteiger partial charge in [0.25, 0.3) is 0 Å². The molecule has 0 atom stereocenters. The van der Waals surface area contributed by atoms with Crippen LogP contribution >= 0.6 is 0 Å². The van der Waals surface area contributed by atoms with Crippen molar-refractivity contribution in [2.45, 2.75) is 0 Å². The van der Waals surface area contributed by atoms with Gasteiger partial charge in [0.15, 0.2) is 0 Å². The minimum absolute atomic E-state index is 0.0415. The van der Waals surface area contributed by atoms with Crippen LogP contribution in [-0.4, -0.2) is 51.0 Å². The lowest BCUT2D eigenvalue weighted by Gasteiger charge is -2.27. The van der Waals surface area contributed by atoms with Gasteiger partial charge in [-0.15, -0.1) is 0 Å². The number of nitrogens with zero attached hydrogens (tertiary/aromatic N) is 2. The Morgan fingerprint density at radius 2 is 1.69 bits per heavy atom. The third-order valence-electron chi connectivity index (χ3n) is 1.07. The summed E-state index contributed by atoms with van der Waals surface area (Å²) < 4.78 is 4.65. The van der Waals surface area contributed by atoms with Gasteiger partial charge in [0.1, 0.15) is 0 Å². The molecule has 7 heteroatoms. The van der Waals surface area contributed by atoms with Crippen molar-refractivity contribution in [1.82, 2.24) is 10.5 Å². The standard InChI is InChI=1S/C6H14N2O5/c1-7(9)12-5-6-13-8(10)3-4-11-2/h3-6H2,1-2H3/q-2. The van der Waals surface area contributed by atoms with Gasteiger partial charge >= 0.3 is 0 Å². The molecule has 0 fully saturated rings. The van der Waals surface area contributed by atoms with E-state index in [2.05, 4.69) is 14.4 Å². The van der Waals surface area contributed by atoms with Crippen molar-refractivity contribution in [3.8, 4) is 0 Å². The lowest BCUT2D eigenvalue weighted by Crippen LogP contribution is -2.24. The lowest BCUT2D eigenvalue weighted by atomic mass is 10.7. The molecule has 0 bridgehead atoms. The largest absolute Gasteiger partial charge is 0.762 e. The smallest absolute Gasteiger partial charge is 0.0926 e. The summed E-state index contributed by atoms with van der Waals surface area (Å²) in [5.74, 6) is 0. The van der Waals surface area contributed by atoms with E-state index >= 15 is 0 Å². The SMILES string of the molecule is COCCN([O-])OCCON(C)[O-]. The predicted octanol–water partition coefficient (Wildman–Crippen LogP) is -0.275. The molecule has 13 heavy (non-hydrogen) atoms. The minimum atomic E-state index is 0.0415. The van der Waals surface area contributed by atoms with Crippen molar-refractivity contribution in [3.63, 3.8) is 0 Å². The molecule has 80 valence electrons. The van der Waals surface area contributed by atoms with E-state index < -0.39 is 0 Å². The summed E-state index contributed by atoms with van der Waals surface area (Å²) in [5, 5.41) is 21.6. The molecule has 0 unspecified atom stereocenters. The highest BCUT2D eigenvalue weighted by atomic mass is 16.9. The van der Waals surface area contributed by atoms with E-state index in [1.54, 1.807) is 0 Å². The summed E-state index contributed by atoms with van der Waals surface area (Å²) >= 11 is 0. The maximum Gasteiger partial charge on any atom is 0.0926 e. The van der Waals surface area contributed by atoms with Crippen LogP contribution in [0.15, 0.2) is 0 Å². The molecule has 0 amide bonds. The van der Waals surface area contributed by atoms with Crippen LogP contribution in [0.3, 0.4) is 0 Å². The zero-order valence-corrected chi connectivity index (χ0v) is 7.76. The second kappa shape index (κ2) is 8.32. The number of ether oxygens (including phenoxy) is 1.